The number of carbonyl (C=O) groups is 1. The summed E-state index contributed by atoms with van der Waals surface area (Å²) in [5.74, 6) is 0. The highest BCUT2D eigenvalue weighted by Gasteiger charge is 2.18. The van der Waals surface area contributed by atoms with Crippen molar-refractivity contribution >= 4 is 6.03 Å². The molecule has 1 saturated heterocycles. The van der Waals surface area contributed by atoms with Gasteiger partial charge in [0.05, 0.1) is 12.1 Å². The van der Waals surface area contributed by atoms with Crippen molar-refractivity contribution in [3.05, 3.63) is 35.4 Å². The summed E-state index contributed by atoms with van der Waals surface area (Å²) in [6.07, 6.45) is 3.43. The van der Waals surface area contributed by atoms with Crippen LogP contribution in [-0.2, 0) is 4.74 Å². The van der Waals surface area contributed by atoms with Crippen molar-refractivity contribution in [2.75, 3.05) is 33.3 Å². The van der Waals surface area contributed by atoms with E-state index in [0.717, 1.165) is 44.5 Å². The number of ether oxygens (including phenoxy) is 1. The minimum atomic E-state index is -0.0887. The highest BCUT2D eigenvalue weighted by atomic mass is 16.5. The van der Waals surface area contributed by atoms with Crippen molar-refractivity contribution in [2.24, 2.45) is 0 Å². The summed E-state index contributed by atoms with van der Waals surface area (Å²) in [5.41, 5.74) is 2.38. The Morgan fingerprint density at radius 3 is 2.54 bits per heavy atom. The quantitative estimate of drug-likeness (QED) is 0.807. The molecule has 1 aliphatic heterocycles. The molecule has 2 N–H and O–H groups in total. The van der Waals surface area contributed by atoms with E-state index >= 15 is 0 Å². The lowest BCUT2D eigenvalue weighted by molar-refractivity contribution is 0.0416. The second kappa shape index (κ2) is 9.64. The Hall–Kier alpha value is -1.59. The Morgan fingerprint density at radius 1 is 1.29 bits per heavy atom. The molecule has 1 heterocycles. The zero-order valence-corrected chi connectivity index (χ0v) is 15.2. The molecule has 1 unspecified atom stereocenters. The van der Waals surface area contributed by atoms with Crippen molar-refractivity contribution in [2.45, 2.75) is 45.3 Å². The third kappa shape index (κ3) is 5.80. The van der Waals surface area contributed by atoms with E-state index in [2.05, 4.69) is 53.6 Å². The molecule has 0 saturated carbocycles. The van der Waals surface area contributed by atoms with E-state index in [1.54, 1.807) is 7.11 Å². The number of benzene rings is 1. The van der Waals surface area contributed by atoms with Gasteiger partial charge in [-0.15, -0.1) is 0 Å². The van der Waals surface area contributed by atoms with E-state index in [9.17, 15) is 4.79 Å². The van der Waals surface area contributed by atoms with Gasteiger partial charge in [0.2, 0.25) is 0 Å². The number of hydrogen-bond donors (Lipinski definition) is 2. The van der Waals surface area contributed by atoms with Crippen LogP contribution in [0.3, 0.4) is 0 Å². The molecule has 0 aliphatic carbocycles. The summed E-state index contributed by atoms with van der Waals surface area (Å²) < 4.78 is 5.38. The van der Waals surface area contributed by atoms with Crippen molar-refractivity contribution in [3.8, 4) is 0 Å². The molecule has 5 nitrogen and oxygen atoms in total. The van der Waals surface area contributed by atoms with Crippen LogP contribution in [0.25, 0.3) is 0 Å². The molecule has 2 rings (SSSR count). The summed E-state index contributed by atoms with van der Waals surface area (Å²) >= 11 is 0. The molecule has 1 aliphatic rings. The maximum Gasteiger partial charge on any atom is 0.315 e. The molecular weight excluding hydrogens is 302 g/mol. The molecular formula is C19H31N3O2. The number of aryl methyl sites for hydroxylation is 1. The van der Waals surface area contributed by atoms with Crippen LogP contribution in [0.2, 0.25) is 0 Å². The number of nitrogens with one attached hydrogen (secondary N) is 2. The van der Waals surface area contributed by atoms with Gasteiger partial charge in [-0.2, -0.15) is 0 Å². The zero-order chi connectivity index (χ0) is 17.4. The van der Waals surface area contributed by atoms with Gasteiger partial charge in [-0.3, -0.25) is 0 Å². The van der Waals surface area contributed by atoms with Gasteiger partial charge in [0.1, 0.15) is 0 Å². The third-order valence-electron chi connectivity index (χ3n) is 4.77. The average molecular weight is 333 g/mol. The Bertz CT molecular complexity index is 496. The number of methoxy groups -OCH3 is 1. The number of nitrogens with zero attached hydrogens (tertiary/aromatic N) is 1. The first kappa shape index (κ1) is 18.7. The first-order valence-electron chi connectivity index (χ1n) is 8.98. The molecule has 1 aromatic rings. The van der Waals surface area contributed by atoms with E-state index in [-0.39, 0.29) is 12.1 Å². The number of amides is 2. The van der Waals surface area contributed by atoms with Gasteiger partial charge in [0.25, 0.3) is 0 Å². The smallest absolute Gasteiger partial charge is 0.315 e. The first-order valence-corrected chi connectivity index (χ1v) is 8.98. The number of hydrogen-bond acceptors (Lipinski definition) is 3. The zero-order valence-electron chi connectivity index (χ0n) is 15.2. The molecule has 1 fully saturated rings. The lowest BCUT2D eigenvalue weighted by Gasteiger charge is -2.31. The Balaban J connectivity index is 1.69. The van der Waals surface area contributed by atoms with Gasteiger partial charge in [-0.1, -0.05) is 36.8 Å². The minimum absolute atomic E-state index is 0.0584. The summed E-state index contributed by atoms with van der Waals surface area (Å²) in [5, 5.41) is 6.05. The molecule has 0 radical (unpaired) electrons. The van der Waals surface area contributed by atoms with Crippen LogP contribution in [0.15, 0.2) is 24.3 Å². The number of carbonyl (C=O) groups excluding carboxylic acids is 1. The Labute approximate surface area is 145 Å². The Kier molecular flexibility index (Phi) is 7.53. The number of likely N-dealkylation sites (tertiary alicyclic amines) is 1. The molecule has 1 atom stereocenters. The first-order chi connectivity index (χ1) is 11.6. The fourth-order valence-corrected chi connectivity index (χ4v) is 3.13. The van der Waals surface area contributed by atoms with E-state index in [1.807, 2.05) is 0 Å². The fourth-order valence-electron chi connectivity index (χ4n) is 3.13. The van der Waals surface area contributed by atoms with Crippen molar-refractivity contribution in [1.82, 2.24) is 15.5 Å². The second-order valence-electron chi connectivity index (χ2n) is 6.55. The summed E-state index contributed by atoms with van der Waals surface area (Å²) in [7, 11) is 1.78. The Morgan fingerprint density at radius 2 is 1.96 bits per heavy atom. The lowest BCUT2D eigenvalue weighted by Crippen LogP contribution is -2.44. The molecule has 134 valence electrons. The number of piperidine rings is 1. The SMILES string of the molecule is CCC(NC(=O)NCCN1CCC(OC)CC1)c1ccc(C)cc1. The van der Waals surface area contributed by atoms with Crippen molar-refractivity contribution in [3.63, 3.8) is 0 Å². The molecule has 24 heavy (non-hydrogen) atoms. The second-order valence-corrected chi connectivity index (χ2v) is 6.55. The molecule has 0 spiro atoms. The normalized spacial score (nSPS) is 17.5. The van der Waals surface area contributed by atoms with Crippen LogP contribution in [0.1, 0.15) is 43.4 Å². The predicted octanol–water partition coefficient (Wildman–Crippen LogP) is 2.86. The fraction of sp³-hybridized carbons (Fsp3) is 0.632. The van der Waals surface area contributed by atoms with Crippen LogP contribution in [0.5, 0.6) is 0 Å². The summed E-state index contributed by atoms with van der Waals surface area (Å²) in [6.45, 7) is 7.82. The van der Waals surface area contributed by atoms with Gasteiger partial charge >= 0.3 is 6.03 Å². The van der Waals surface area contributed by atoms with Gasteiger partial charge in [-0.05, 0) is 31.7 Å². The van der Waals surface area contributed by atoms with Crippen LogP contribution < -0.4 is 10.6 Å². The maximum atomic E-state index is 12.1. The van der Waals surface area contributed by atoms with Gasteiger partial charge in [0.15, 0.2) is 0 Å². The summed E-state index contributed by atoms with van der Waals surface area (Å²) in [4.78, 5) is 14.5. The van der Waals surface area contributed by atoms with E-state index in [1.165, 1.54) is 5.56 Å². The van der Waals surface area contributed by atoms with Gasteiger partial charge in [-0.25, -0.2) is 4.79 Å². The highest BCUT2D eigenvalue weighted by molar-refractivity contribution is 5.74. The standard InChI is InChI=1S/C19H31N3O2/c1-4-18(16-7-5-15(2)6-8-16)21-19(23)20-11-14-22-12-9-17(24-3)10-13-22/h5-8,17-18H,4,9-14H2,1-3H3,(H2,20,21,23). The minimum Gasteiger partial charge on any atom is -0.381 e. The topological polar surface area (TPSA) is 53.6 Å². The maximum absolute atomic E-state index is 12.1. The molecule has 0 aromatic heterocycles. The highest BCUT2D eigenvalue weighted by Crippen LogP contribution is 2.17. The average Bonchev–Trinajstić information content (AvgIpc) is 2.61. The monoisotopic (exact) mass is 333 g/mol. The van der Waals surface area contributed by atoms with Crippen molar-refractivity contribution in [1.29, 1.82) is 0 Å². The summed E-state index contributed by atoms with van der Waals surface area (Å²) in [6, 6.07) is 8.31. The van der Waals surface area contributed by atoms with E-state index in [0.29, 0.717) is 12.6 Å². The van der Waals surface area contributed by atoms with E-state index in [4.69, 9.17) is 4.74 Å². The molecule has 1 aromatic carbocycles. The van der Waals surface area contributed by atoms with Gasteiger partial charge in [0, 0.05) is 33.3 Å². The molecule has 0 bridgehead atoms. The van der Waals surface area contributed by atoms with Crippen molar-refractivity contribution < 1.29 is 9.53 Å². The third-order valence-corrected chi connectivity index (χ3v) is 4.77. The van der Waals surface area contributed by atoms with E-state index < -0.39 is 0 Å². The molecule has 5 heteroatoms. The molecule has 2 amide bonds. The number of urea groups is 1. The van der Waals surface area contributed by atoms with Gasteiger partial charge < -0.3 is 20.3 Å². The van der Waals surface area contributed by atoms with Crippen LogP contribution >= 0.6 is 0 Å². The lowest BCUT2D eigenvalue weighted by atomic mass is 10.0. The van der Waals surface area contributed by atoms with Crippen LogP contribution in [0.4, 0.5) is 4.79 Å². The van der Waals surface area contributed by atoms with Crippen LogP contribution in [0, 0.1) is 6.92 Å². The largest absolute Gasteiger partial charge is 0.381 e. The number of rotatable bonds is 7. The predicted molar refractivity (Wildman–Crippen MR) is 97.2 cm³/mol. The van der Waals surface area contributed by atoms with Crippen LogP contribution in [-0.4, -0.2) is 50.3 Å².